The van der Waals surface area contributed by atoms with Crippen LogP contribution in [0.3, 0.4) is 0 Å². The predicted molar refractivity (Wildman–Crippen MR) is 69.3 cm³/mol. The number of hydrogen-bond donors (Lipinski definition) is 0. The Kier molecular flexibility index (Phi) is 4.07. The lowest BCUT2D eigenvalue weighted by Gasteiger charge is -2.31. The third-order valence-electron chi connectivity index (χ3n) is 3.52. The van der Waals surface area contributed by atoms with E-state index in [-0.39, 0.29) is 17.1 Å². The van der Waals surface area contributed by atoms with Crippen LogP contribution < -0.4 is 4.74 Å². The summed E-state index contributed by atoms with van der Waals surface area (Å²) in [6.45, 7) is 3.15. The SMILES string of the molecule is CCCC1Oc2cc(C(F)(F)F)ccc2C(=O)C1C(C)=O. The minimum atomic E-state index is -4.50. The van der Waals surface area contributed by atoms with Gasteiger partial charge in [0.15, 0.2) is 5.78 Å². The van der Waals surface area contributed by atoms with Gasteiger partial charge in [0.05, 0.1) is 11.1 Å². The zero-order valence-electron chi connectivity index (χ0n) is 11.7. The van der Waals surface area contributed by atoms with E-state index in [4.69, 9.17) is 4.74 Å². The zero-order valence-corrected chi connectivity index (χ0v) is 11.7. The molecule has 1 aromatic rings. The molecule has 0 radical (unpaired) electrons. The highest BCUT2D eigenvalue weighted by molar-refractivity contribution is 6.12. The van der Waals surface area contributed by atoms with Crippen LogP contribution >= 0.6 is 0 Å². The van der Waals surface area contributed by atoms with E-state index in [2.05, 4.69) is 0 Å². The molecule has 0 spiro atoms. The van der Waals surface area contributed by atoms with Crippen LogP contribution in [0.5, 0.6) is 5.75 Å². The second kappa shape index (κ2) is 5.50. The van der Waals surface area contributed by atoms with Crippen LogP contribution in [0.2, 0.25) is 0 Å². The van der Waals surface area contributed by atoms with Crippen LogP contribution in [0.1, 0.15) is 42.6 Å². The zero-order chi connectivity index (χ0) is 15.8. The molecule has 2 rings (SSSR count). The molecule has 2 atom stereocenters. The van der Waals surface area contributed by atoms with Crippen molar-refractivity contribution < 1.29 is 27.5 Å². The molecule has 0 saturated heterocycles. The van der Waals surface area contributed by atoms with Gasteiger partial charge in [0.1, 0.15) is 23.6 Å². The summed E-state index contributed by atoms with van der Waals surface area (Å²) in [6.07, 6.45) is -4.10. The van der Waals surface area contributed by atoms with E-state index in [1.165, 1.54) is 6.92 Å². The fourth-order valence-electron chi connectivity index (χ4n) is 2.52. The molecule has 0 aliphatic carbocycles. The van der Waals surface area contributed by atoms with E-state index < -0.39 is 29.5 Å². The Morgan fingerprint density at radius 2 is 2.00 bits per heavy atom. The molecule has 0 fully saturated rings. The van der Waals surface area contributed by atoms with Crippen LogP contribution in [0, 0.1) is 5.92 Å². The Hall–Kier alpha value is -1.85. The molecule has 21 heavy (non-hydrogen) atoms. The molecule has 0 N–H and O–H groups in total. The minimum absolute atomic E-state index is 0.0375. The largest absolute Gasteiger partial charge is 0.488 e. The molecule has 114 valence electrons. The number of fused-ring (bicyclic) bond motifs is 1. The quantitative estimate of drug-likeness (QED) is 0.800. The lowest BCUT2D eigenvalue weighted by molar-refractivity contribution is -0.138. The number of rotatable bonds is 3. The third-order valence-corrected chi connectivity index (χ3v) is 3.52. The van der Waals surface area contributed by atoms with Crippen LogP contribution in [0.4, 0.5) is 13.2 Å². The fraction of sp³-hybridized carbons (Fsp3) is 0.467. The van der Waals surface area contributed by atoms with Gasteiger partial charge in [-0.2, -0.15) is 13.2 Å². The maximum Gasteiger partial charge on any atom is 0.416 e. The van der Waals surface area contributed by atoms with Crippen molar-refractivity contribution in [2.24, 2.45) is 5.92 Å². The first-order valence-electron chi connectivity index (χ1n) is 6.68. The fourth-order valence-corrected chi connectivity index (χ4v) is 2.52. The van der Waals surface area contributed by atoms with Gasteiger partial charge >= 0.3 is 6.18 Å². The van der Waals surface area contributed by atoms with Crippen molar-refractivity contribution in [2.75, 3.05) is 0 Å². The standard InChI is InChI=1S/C15H15F3O3/c1-3-4-11-13(8(2)19)14(20)10-6-5-9(15(16,17)18)7-12(10)21-11/h5-7,11,13H,3-4H2,1-2H3. The number of ether oxygens (including phenoxy) is 1. The lowest BCUT2D eigenvalue weighted by atomic mass is 9.84. The molecule has 0 bridgehead atoms. The van der Waals surface area contributed by atoms with Crippen molar-refractivity contribution in [1.82, 2.24) is 0 Å². The maximum absolute atomic E-state index is 12.7. The Bertz CT molecular complexity index is 578. The summed E-state index contributed by atoms with van der Waals surface area (Å²) in [6, 6.07) is 2.74. The Morgan fingerprint density at radius 1 is 1.33 bits per heavy atom. The van der Waals surface area contributed by atoms with Gasteiger partial charge in [-0.3, -0.25) is 9.59 Å². The molecule has 1 heterocycles. The summed E-state index contributed by atoms with van der Waals surface area (Å²) in [5.74, 6) is -1.82. The molecule has 3 nitrogen and oxygen atoms in total. The van der Waals surface area contributed by atoms with E-state index in [9.17, 15) is 22.8 Å². The molecular weight excluding hydrogens is 285 g/mol. The van der Waals surface area contributed by atoms with Crippen LogP contribution in [-0.4, -0.2) is 17.7 Å². The molecule has 1 aromatic carbocycles. The average molecular weight is 300 g/mol. The number of carbonyl (C=O) groups is 2. The predicted octanol–water partition coefficient (Wildman–Crippen LogP) is 3.65. The van der Waals surface area contributed by atoms with Crippen molar-refractivity contribution in [2.45, 2.75) is 39.0 Å². The van der Waals surface area contributed by atoms with Gasteiger partial charge in [0, 0.05) is 0 Å². The first-order chi connectivity index (χ1) is 9.75. The van der Waals surface area contributed by atoms with Gasteiger partial charge in [0.2, 0.25) is 0 Å². The number of ketones is 2. The normalized spacial score (nSPS) is 21.7. The van der Waals surface area contributed by atoms with Gasteiger partial charge in [-0.25, -0.2) is 0 Å². The first kappa shape index (κ1) is 15.5. The molecule has 0 saturated carbocycles. The van der Waals surface area contributed by atoms with Crippen molar-refractivity contribution >= 4 is 11.6 Å². The van der Waals surface area contributed by atoms with Crippen LogP contribution in [0.25, 0.3) is 0 Å². The summed E-state index contributed by atoms with van der Waals surface area (Å²) < 4.78 is 43.6. The highest BCUT2D eigenvalue weighted by Gasteiger charge is 2.41. The van der Waals surface area contributed by atoms with Crippen molar-refractivity contribution in [3.63, 3.8) is 0 Å². The average Bonchev–Trinajstić information content (AvgIpc) is 2.37. The first-order valence-corrected chi connectivity index (χ1v) is 6.68. The molecule has 1 aliphatic heterocycles. The Labute approximate surface area is 120 Å². The second-order valence-electron chi connectivity index (χ2n) is 5.11. The summed E-state index contributed by atoms with van der Waals surface area (Å²) in [7, 11) is 0. The van der Waals surface area contributed by atoms with Crippen molar-refractivity contribution in [1.29, 1.82) is 0 Å². The molecule has 0 aromatic heterocycles. The highest BCUT2D eigenvalue weighted by Crippen LogP contribution is 2.38. The topological polar surface area (TPSA) is 43.4 Å². The van der Waals surface area contributed by atoms with Gasteiger partial charge in [-0.1, -0.05) is 13.3 Å². The maximum atomic E-state index is 12.7. The summed E-state index contributed by atoms with van der Waals surface area (Å²) >= 11 is 0. The monoisotopic (exact) mass is 300 g/mol. The molecule has 0 amide bonds. The van der Waals surface area contributed by atoms with Gasteiger partial charge < -0.3 is 4.74 Å². The number of halogens is 3. The third kappa shape index (κ3) is 2.94. The number of hydrogen-bond acceptors (Lipinski definition) is 3. The summed E-state index contributed by atoms with van der Waals surface area (Å²) in [5.41, 5.74) is -0.832. The van der Waals surface area contributed by atoms with Crippen molar-refractivity contribution in [3.8, 4) is 5.75 Å². The van der Waals surface area contributed by atoms with E-state index >= 15 is 0 Å². The number of alkyl halides is 3. The summed E-state index contributed by atoms with van der Waals surface area (Å²) in [5, 5.41) is 0. The molecule has 6 heteroatoms. The van der Waals surface area contributed by atoms with Gasteiger partial charge in [-0.15, -0.1) is 0 Å². The highest BCUT2D eigenvalue weighted by atomic mass is 19.4. The van der Waals surface area contributed by atoms with E-state index in [1.807, 2.05) is 6.92 Å². The summed E-state index contributed by atoms with van der Waals surface area (Å²) in [4.78, 5) is 24.0. The number of Topliss-reactive ketones (excluding diaryl/α,β-unsaturated/α-hetero) is 2. The molecule has 1 aliphatic rings. The van der Waals surface area contributed by atoms with Crippen LogP contribution in [0.15, 0.2) is 18.2 Å². The van der Waals surface area contributed by atoms with Crippen molar-refractivity contribution in [3.05, 3.63) is 29.3 Å². The van der Waals surface area contributed by atoms with Gasteiger partial charge in [-0.05, 0) is 31.5 Å². The Balaban J connectivity index is 2.46. The van der Waals surface area contributed by atoms with Crippen LogP contribution in [-0.2, 0) is 11.0 Å². The molecular formula is C15H15F3O3. The smallest absolute Gasteiger partial charge is 0.416 e. The second-order valence-corrected chi connectivity index (χ2v) is 5.11. The minimum Gasteiger partial charge on any atom is -0.488 e. The number of carbonyl (C=O) groups excluding carboxylic acids is 2. The van der Waals surface area contributed by atoms with E-state index in [0.29, 0.717) is 12.8 Å². The van der Waals surface area contributed by atoms with E-state index in [1.54, 1.807) is 0 Å². The molecule has 2 unspecified atom stereocenters. The lowest BCUT2D eigenvalue weighted by Crippen LogP contribution is -2.41. The number of benzene rings is 1. The Morgan fingerprint density at radius 3 is 2.52 bits per heavy atom. The van der Waals surface area contributed by atoms with Gasteiger partial charge in [0.25, 0.3) is 0 Å². The van der Waals surface area contributed by atoms with E-state index in [0.717, 1.165) is 18.2 Å².